The molecule has 0 aromatic heterocycles. The molecule has 0 spiro atoms. The molecule has 31 heavy (non-hydrogen) atoms. The lowest BCUT2D eigenvalue weighted by atomic mass is 10.0. The van der Waals surface area contributed by atoms with Gasteiger partial charge in [-0.3, -0.25) is 14.6 Å². The highest BCUT2D eigenvalue weighted by Gasteiger charge is 2.29. The van der Waals surface area contributed by atoms with Crippen LogP contribution < -0.4 is 15.4 Å². The molecule has 3 aliphatic rings. The predicted molar refractivity (Wildman–Crippen MR) is 119 cm³/mol. The van der Waals surface area contributed by atoms with E-state index < -0.39 is 0 Å². The summed E-state index contributed by atoms with van der Waals surface area (Å²) in [5, 5.41) is 6.11. The molecular formula is C24H24N4O3. The number of carbonyl (C=O) groups is 2. The third-order valence-corrected chi connectivity index (χ3v) is 5.68. The molecule has 2 aliphatic heterocycles. The molecule has 158 valence electrons. The first kappa shape index (κ1) is 19.4. The fourth-order valence-electron chi connectivity index (χ4n) is 3.77. The van der Waals surface area contributed by atoms with Crippen LogP contribution in [0.25, 0.3) is 11.1 Å². The highest BCUT2D eigenvalue weighted by molar-refractivity contribution is 5.99. The summed E-state index contributed by atoms with van der Waals surface area (Å²) < 4.78 is 5.84. The van der Waals surface area contributed by atoms with Crippen molar-refractivity contribution in [2.45, 2.75) is 19.0 Å². The average Bonchev–Trinajstić information content (AvgIpc) is 3.65. The number of ether oxygens (including phenoxy) is 1. The van der Waals surface area contributed by atoms with E-state index in [4.69, 9.17) is 4.74 Å². The van der Waals surface area contributed by atoms with Crippen LogP contribution in [0.3, 0.4) is 0 Å². The second kappa shape index (κ2) is 8.26. The molecule has 5 rings (SSSR count). The van der Waals surface area contributed by atoms with Crippen molar-refractivity contribution in [2.24, 2.45) is 10.9 Å². The quantitative estimate of drug-likeness (QED) is 0.785. The van der Waals surface area contributed by atoms with Crippen LogP contribution in [0.4, 0.5) is 5.69 Å². The Morgan fingerprint density at radius 3 is 2.71 bits per heavy atom. The minimum absolute atomic E-state index is 0.0609. The minimum atomic E-state index is -0.155. The molecule has 1 fully saturated rings. The first-order valence-corrected chi connectivity index (χ1v) is 10.6. The molecule has 1 unspecified atom stereocenters. The van der Waals surface area contributed by atoms with E-state index in [0.717, 1.165) is 29.7 Å². The maximum Gasteiger partial charge on any atom is 0.257 e. The van der Waals surface area contributed by atoms with Gasteiger partial charge in [-0.1, -0.05) is 18.2 Å². The molecule has 0 radical (unpaired) electrons. The van der Waals surface area contributed by atoms with Gasteiger partial charge in [0, 0.05) is 17.8 Å². The number of benzene rings is 2. The van der Waals surface area contributed by atoms with Crippen molar-refractivity contribution >= 4 is 23.7 Å². The zero-order valence-electron chi connectivity index (χ0n) is 17.1. The van der Waals surface area contributed by atoms with Crippen molar-refractivity contribution in [1.82, 2.24) is 10.2 Å². The molecule has 0 bridgehead atoms. The lowest BCUT2D eigenvalue weighted by Gasteiger charge is -2.25. The zero-order valence-corrected chi connectivity index (χ0v) is 17.1. The minimum Gasteiger partial charge on any atom is -0.491 e. The van der Waals surface area contributed by atoms with Crippen LogP contribution >= 0.6 is 0 Å². The maximum atomic E-state index is 13.2. The summed E-state index contributed by atoms with van der Waals surface area (Å²) >= 11 is 0. The second-order valence-electron chi connectivity index (χ2n) is 7.99. The largest absolute Gasteiger partial charge is 0.491 e. The van der Waals surface area contributed by atoms with Crippen LogP contribution in [0.15, 0.2) is 59.7 Å². The van der Waals surface area contributed by atoms with Gasteiger partial charge in [0.2, 0.25) is 5.91 Å². The van der Waals surface area contributed by atoms with Gasteiger partial charge in [0.25, 0.3) is 5.91 Å². The van der Waals surface area contributed by atoms with Gasteiger partial charge in [-0.2, -0.15) is 0 Å². The molecule has 2 N–H and O–H groups in total. The molecule has 2 amide bonds. The fraction of sp³-hybridized carbons (Fsp3) is 0.292. The Kier molecular flexibility index (Phi) is 5.16. The molecular weight excluding hydrogens is 392 g/mol. The number of aliphatic imine (C=N–C) groups is 1. The van der Waals surface area contributed by atoms with Crippen LogP contribution in [0.1, 0.15) is 23.2 Å². The van der Waals surface area contributed by atoms with E-state index in [0.29, 0.717) is 31.0 Å². The Bertz CT molecular complexity index is 1060. The number of rotatable bonds is 5. The van der Waals surface area contributed by atoms with Gasteiger partial charge in [-0.25, -0.2) is 0 Å². The van der Waals surface area contributed by atoms with Gasteiger partial charge >= 0.3 is 0 Å². The predicted octanol–water partition coefficient (Wildman–Crippen LogP) is 3.05. The summed E-state index contributed by atoms with van der Waals surface area (Å²) in [6.07, 6.45) is 7.20. The number of hydrogen-bond donors (Lipinski definition) is 2. The molecule has 0 saturated heterocycles. The molecule has 7 nitrogen and oxygen atoms in total. The Hall–Kier alpha value is -3.61. The van der Waals surface area contributed by atoms with Crippen LogP contribution in [0.5, 0.6) is 5.75 Å². The van der Waals surface area contributed by atoms with Gasteiger partial charge in [0.1, 0.15) is 18.5 Å². The summed E-state index contributed by atoms with van der Waals surface area (Å²) in [6.45, 7) is 1.43. The van der Waals surface area contributed by atoms with Gasteiger partial charge < -0.3 is 20.3 Å². The molecule has 2 aromatic carbocycles. The zero-order chi connectivity index (χ0) is 21.2. The summed E-state index contributed by atoms with van der Waals surface area (Å²) in [4.78, 5) is 31.3. The van der Waals surface area contributed by atoms with Crippen molar-refractivity contribution in [3.8, 4) is 16.9 Å². The first-order valence-electron chi connectivity index (χ1n) is 10.6. The smallest absolute Gasteiger partial charge is 0.257 e. The summed E-state index contributed by atoms with van der Waals surface area (Å²) in [7, 11) is 0. The van der Waals surface area contributed by atoms with E-state index in [1.807, 2.05) is 54.7 Å². The molecule has 7 heteroatoms. The van der Waals surface area contributed by atoms with Crippen LogP contribution in [0.2, 0.25) is 0 Å². The standard InChI is InChI=1S/C24H24N4O3/c29-23(17-2-3-17)27-19-7-4-16(5-8-19)18-6-9-21-20(14-18)24(30)28(12-13-31-21)15-22-25-10-1-11-26-22/h1,4-11,14,17,22,25H,2-3,12-13,15H2,(H,27,29). The van der Waals surface area contributed by atoms with E-state index in [9.17, 15) is 9.59 Å². The lowest BCUT2D eigenvalue weighted by Crippen LogP contribution is -2.42. The van der Waals surface area contributed by atoms with Gasteiger partial charge in [0.05, 0.1) is 18.7 Å². The molecule has 2 heterocycles. The van der Waals surface area contributed by atoms with Crippen molar-refractivity contribution in [3.05, 3.63) is 60.3 Å². The number of hydrogen-bond acceptors (Lipinski definition) is 5. The molecule has 1 atom stereocenters. The lowest BCUT2D eigenvalue weighted by molar-refractivity contribution is -0.117. The van der Waals surface area contributed by atoms with E-state index >= 15 is 0 Å². The van der Waals surface area contributed by atoms with Crippen molar-refractivity contribution in [1.29, 1.82) is 0 Å². The third kappa shape index (κ3) is 4.30. The normalized spacial score (nSPS) is 19.8. The Balaban J connectivity index is 1.34. The molecule has 2 aromatic rings. The number of amides is 2. The van der Waals surface area contributed by atoms with E-state index in [1.54, 1.807) is 11.1 Å². The van der Waals surface area contributed by atoms with Crippen LogP contribution in [-0.2, 0) is 4.79 Å². The van der Waals surface area contributed by atoms with Crippen LogP contribution in [-0.4, -0.2) is 48.8 Å². The Labute approximate surface area is 180 Å². The highest BCUT2D eigenvalue weighted by atomic mass is 16.5. The van der Waals surface area contributed by atoms with E-state index in [2.05, 4.69) is 15.6 Å². The van der Waals surface area contributed by atoms with Crippen molar-refractivity contribution in [3.63, 3.8) is 0 Å². The van der Waals surface area contributed by atoms with Crippen LogP contribution in [0, 0.1) is 5.92 Å². The van der Waals surface area contributed by atoms with Gasteiger partial charge in [0.15, 0.2) is 0 Å². The number of carbonyl (C=O) groups excluding carboxylic acids is 2. The van der Waals surface area contributed by atoms with Crippen molar-refractivity contribution < 1.29 is 14.3 Å². The number of nitrogens with zero attached hydrogens (tertiary/aromatic N) is 2. The summed E-state index contributed by atoms with van der Waals surface area (Å²) in [5.74, 6) is 0.801. The van der Waals surface area contributed by atoms with Gasteiger partial charge in [-0.05, 0) is 60.5 Å². The second-order valence-corrected chi connectivity index (χ2v) is 7.99. The van der Waals surface area contributed by atoms with Gasteiger partial charge in [-0.15, -0.1) is 0 Å². The topological polar surface area (TPSA) is 83.0 Å². The SMILES string of the molecule is O=C(Nc1ccc(-c2ccc3c(c2)C(=O)N(CC2N=CC=CN2)CCO3)cc1)C1CC1. The molecule has 1 aliphatic carbocycles. The Morgan fingerprint density at radius 1 is 1.16 bits per heavy atom. The summed E-state index contributed by atoms with van der Waals surface area (Å²) in [5.41, 5.74) is 3.24. The van der Waals surface area contributed by atoms with Crippen molar-refractivity contribution in [2.75, 3.05) is 25.0 Å². The van der Waals surface area contributed by atoms with E-state index in [-0.39, 0.29) is 23.9 Å². The van der Waals surface area contributed by atoms with E-state index in [1.165, 1.54) is 0 Å². The Morgan fingerprint density at radius 2 is 1.97 bits per heavy atom. The number of nitrogens with one attached hydrogen (secondary N) is 2. The summed E-state index contributed by atoms with van der Waals surface area (Å²) in [6, 6.07) is 13.4. The first-order chi connectivity index (χ1) is 15.2. The monoisotopic (exact) mass is 416 g/mol. The number of allylic oxidation sites excluding steroid dienone is 1. The maximum absolute atomic E-state index is 13.2. The molecule has 1 saturated carbocycles. The average molecular weight is 416 g/mol. The highest BCUT2D eigenvalue weighted by Crippen LogP contribution is 2.32. The number of anilines is 1. The third-order valence-electron chi connectivity index (χ3n) is 5.68. The number of fused-ring (bicyclic) bond motifs is 1. The fourth-order valence-corrected chi connectivity index (χ4v) is 3.77.